The van der Waals surface area contributed by atoms with Crippen LogP contribution in [0, 0.1) is 5.92 Å². The van der Waals surface area contributed by atoms with Gasteiger partial charge in [-0.1, -0.05) is 0 Å². The molecule has 0 saturated carbocycles. The minimum Gasteiger partial charge on any atom is -0.379 e. The number of carbonyl (C=O) groups excluding carboxylic acids is 1. The maximum absolute atomic E-state index is 12.6. The Morgan fingerprint density at radius 3 is 2.75 bits per heavy atom. The fourth-order valence-corrected chi connectivity index (χ4v) is 5.11. The van der Waals surface area contributed by atoms with Gasteiger partial charge in [0.1, 0.15) is 0 Å². The SMILES string of the molecule is Cn1cc(C(=O)N2CCC[C@H](CS(=O)(=O)N3CCOCC3)C2)cn1. The van der Waals surface area contributed by atoms with Crippen molar-refractivity contribution in [1.29, 1.82) is 0 Å². The molecule has 3 heterocycles. The lowest BCUT2D eigenvalue weighted by atomic mass is 9.99. The molecule has 2 fully saturated rings. The van der Waals surface area contributed by atoms with Crippen LogP contribution in [0.25, 0.3) is 0 Å². The minimum absolute atomic E-state index is 0.0211. The Balaban J connectivity index is 1.62. The van der Waals surface area contributed by atoms with E-state index in [1.54, 1.807) is 29.0 Å². The van der Waals surface area contributed by atoms with Gasteiger partial charge in [0.05, 0.1) is 30.7 Å². The van der Waals surface area contributed by atoms with Gasteiger partial charge in [-0.2, -0.15) is 9.40 Å². The number of piperidine rings is 1. The number of aryl methyl sites for hydroxylation is 1. The fourth-order valence-electron chi connectivity index (χ4n) is 3.33. The number of hydrogen-bond donors (Lipinski definition) is 0. The van der Waals surface area contributed by atoms with Crippen LogP contribution in [0.15, 0.2) is 12.4 Å². The van der Waals surface area contributed by atoms with Crippen LogP contribution in [0.1, 0.15) is 23.2 Å². The third-order valence-electron chi connectivity index (χ3n) is 4.57. The number of morpholine rings is 1. The van der Waals surface area contributed by atoms with E-state index < -0.39 is 10.0 Å². The molecular weight excluding hydrogens is 332 g/mol. The van der Waals surface area contributed by atoms with Gasteiger partial charge in [0, 0.05) is 39.4 Å². The molecule has 2 saturated heterocycles. The number of rotatable bonds is 4. The molecule has 3 rings (SSSR count). The molecule has 8 nitrogen and oxygen atoms in total. The predicted molar refractivity (Wildman–Crippen MR) is 88.0 cm³/mol. The highest BCUT2D eigenvalue weighted by Gasteiger charge is 2.32. The van der Waals surface area contributed by atoms with Crippen molar-refractivity contribution in [2.75, 3.05) is 45.1 Å². The maximum Gasteiger partial charge on any atom is 0.257 e. The summed E-state index contributed by atoms with van der Waals surface area (Å²) in [6.07, 6.45) is 4.91. The average Bonchev–Trinajstić information content (AvgIpc) is 3.01. The average molecular weight is 356 g/mol. The molecule has 134 valence electrons. The van der Waals surface area contributed by atoms with E-state index in [2.05, 4.69) is 5.10 Å². The molecule has 0 N–H and O–H groups in total. The summed E-state index contributed by atoms with van der Waals surface area (Å²) in [6.45, 7) is 2.91. The number of likely N-dealkylation sites (tertiary alicyclic amines) is 1. The Bertz CT molecular complexity index is 681. The van der Waals surface area contributed by atoms with Crippen molar-refractivity contribution in [3.05, 3.63) is 18.0 Å². The fraction of sp³-hybridized carbons (Fsp3) is 0.733. The van der Waals surface area contributed by atoms with Gasteiger partial charge in [0.25, 0.3) is 5.91 Å². The third-order valence-corrected chi connectivity index (χ3v) is 6.61. The van der Waals surface area contributed by atoms with Gasteiger partial charge in [0.15, 0.2) is 0 Å². The molecule has 2 aliphatic rings. The van der Waals surface area contributed by atoms with Crippen molar-refractivity contribution >= 4 is 15.9 Å². The van der Waals surface area contributed by atoms with Crippen molar-refractivity contribution < 1.29 is 17.9 Å². The predicted octanol–water partition coefficient (Wildman–Crippen LogP) is -0.0657. The molecule has 0 bridgehead atoms. The highest BCUT2D eigenvalue weighted by atomic mass is 32.2. The molecule has 1 aromatic heterocycles. The van der Waals surface area contributed by atoms with Crippen molar-refractivity contribution in [3.8, 4) is 0 Å². The zero-order chi connectivity index (χ0) is 17.2. The van der Waals surface area contributed by atoms with Gasteiger partial charge in [-0.15, -0.1) is 0 Å². The number of aromatic nitrogens is 2. The molecule has 0 aromatic carbocycles. The summed E-state index contributed by atoms with van der Waals surface area (Å²) in [5.41, 5.74) is 0.550. The summed E-state index contributed by atoms with van der Waals surface area (Å²) in [5, 5.41) is 4.03. The van der Waals surface area contributed by atoms with E-state index in [-0.39, 0.29) is 17.6 Å². The van der Waals surface area contributed by atoms with Gasteiger partial charge in [-0.3, -0.25) is 9.48 Å². The van der Waals surface area contributed by atoms with Crippen LogP contribution in [0.3, 0.4) is 0 Å². The van der Waals surface area contributed by atoms with Crippen LogP contribution in [-0.2, 0) is 21.8 Å². The second kappa shape index (κ2) is 7.20. The monoisotopic (exact) mass is 356 g/mol. The van der Waals surface area contributed by atoms with E-state index >= 15 is 0 Å². The molecule has 1 atom stereocenters. The topological polar surface area (TPSA) is 84.7 Å². The first-order valence-electron chi connectivity index (χ1n) is 8.29. The van der Waals surface area contributed by atoms with E-state index in [4.69, 9.17) is 4.74 Å². The molecule has 0 aliphatic carbocycles. The van der Waals surface area contributed by atoms with Crippen molar-refractivity contribution in [2.24, 2.45) is 13.0 Å². The van der Waals surface area contributed by atoms with E-state index in [1.165, 1.54) is 4.31 Å². The Hall–Kier alpha value is -1.45. The Morgan fingerprint density at radius 1 is 1.33 bits per heavy atom. The van der Waals surface area contributed by atoms with E-state index in [1.807, 2.05) is 0 Å². The van der Waals surface area contributed by atoms with Crippen LogP contribution in [-0.4, -0.2) is 78.5 Å². The summed E-state index contributed by atoms with van der Waals surface area (Å²) in [5.74, 6) is 0.00730. The first kappa shape index (κ1) is 17.4. The first-order valence-corrected chi connectivity index (χ1v) is 9.90. The molecular formula is C15H24N4O4S. The standard InChI is InChI=1S/C15H24N4O4S/c1-17-11-14(9-16-17)15(20)18-4-2-3-13(10-18)12-24(21,22)19-5-7-23-8-6-19/h9,11,13H,2-8,10,12H2,1H3/t13-/m0/s1. The highest BCUT2D eigenvalue weighted by molar-refractivity contribution is 7.89. The van der Waals surface area contributed by atoms with Crippen LogP contribution in [0.4, 0.5) is 0 Å². The second-order valence-corrected chi connectivity index (χ2v) is 8.47. The van der Waals surface area contributed by atoms with E-state index in [0.29, 0.717) is 45.0 Å². The molecule has 2 aliphatic heterocycles. The first-order chi connectivity index (χ1) is 11.5. The lowest BCUT2D eigenvalue weighted by molar-refractivity contribution is 0.0673. The molecule has 1 amide bonds. The third kappa shape index (κ3) is 3.96. The minimum atomic E-state index is -3.29. The molecule has 0 unspecified atom stereocenters. The lowest BCUT2D eigenvalue weighted by Gasteiger charge is -2.34. The Morgan fingerprint density at radius 2 is 2.08 bits per heavy atom. The summed E-state index contributed by atoms with van der Waals surface area (Å²) in [4.78, 5) is 14.3. The summed E-state index contributed by atoms with van der Waals surface area (Å²) >= 11 is 0. The van der Waals surface area contributed by atoms with Gasteiger partial charge in [0.2, 0.25) is 10.0 Å². The van der Waals surface area contributed by atoms with Gasteiger partial charge >= 0.3 is 0 Å². The van der Waals surface area contributed by atoms with E-state index in [0.717, 1.165) is 12.8 Å². The number of carbonyl (C=O) groups is 1. The van der Waals surface area contributed by atoms with Crippen LogP contribution >= 0.6 is 0 Å². The molecule has 9 heteroatoms. The normalized spacial score (nSPS) is 23.4. The molecule has 24 heavy (non-hydrogen) atoms. The Labute approximate surface area is 142 Å². The molecule has 1 aromatic rings. The Kier molecular flexibility index (Phi) is 5.21. The van der Waals surface area contributed by atoms with E-state index in [9.17, 15) is 13.2 Å². The van der Waals surface area contributed by atoms with Crippen LogP contribution in [0.5, 0.6) is 0 Å². The zero-order valence-electron chi connectivity index (χ0n) is 13.9. The quantitative estimate of drug-likeness (QED) is 0.754. The second-order valence-electron chi connectivity index (χ2n) is 6.45. The van der Waals surface area contributed by atoms with Crippen molar-refractivity contribution in [3.63, 3.8) is 0 Å². The van der Waals surface area contributed by atoms with Crippen molar-refractivity contribution in [2.45, 2.75) is 12.8 Å². The highest BCUT2D eigenvalue weighted by Crippen LogP contribution is 2.21. The zero-order valence-corrected chi connectivity index (χ0v) is 14.7. The summed E-state index contributed by atoms with van der Waals surface area (Å²) in [6, 6.07) is 0. The molecule has 0 spiro atoms. The van der Waals surface area contributed by atoms with Gasteiger partial charge < -0.3 is 9.64 Å². The largest absolute Gasteiger partial charge is 0.379 e. The smallest absolute Gasteiger partial charge is 0.257 e. The number of amides is 1. The van der Waals surface area contributed by atoms with Gasteiger partial charge in [-0.25, -0.2) is 8.42 Å². The summed E-state index contributed by atoms with van der Waals surface area (Å²) in [7, 11) is -1.53. The summed E-state index contributed by atoms with van der Waals surface area (Å²) < 4.78 is 33.4. The molecule has 0 radical (unpaired) electrons. The number of ether oxygens (including phenoxy) is 1. The number of sulfonamides is 1. The van der Waals surface area contributed by atoms with Crippen LogP contribution in [0.2, 0.25) is 0 Å². The number of hydrogen-bond acceptors (Lipinski definition) is 5. The van der Waals surface area contributed by atoms with Gasteiger partial charge in [-0.05, 0) is 18.8 Å². The number of nitrogens with zero attached hydrogens (tertiary/aromatic N) is 4. The lowest BCUT2D eigenvalue weighted by Crippen LogP contribution is -2.46. The maximum atomic E-state index is 12.6. The van der Waals surface area contributed by atoms with Crippen LogP contribution < -0.4 is 0 Å². The van der Waals surface area contributed by atoms with Crippen molar-refractivity contribution in [1.82, 2.24) is 19.0 Å².